The van der Waals surface area contributed by atoms with E-state index in [2.05, 4.69) is 5.32 Å². The van der Waals surface area contributed by atoms with Crippen LogP contribution in [-0.4, -0.2) is 43.2 Å². The second kappa shape index (κ2) is 6.57. The summed E-state index contributed by atoms with van der Waals surface area (Å²) in [6.45, 7) is 9.68. The minimum atomic E-state index is -3.20. The summed E-state index contributed by atoms with van der Waals surface area (Å²) in [5.41, 5.74) is 0. The van der Waals surface area contributed by atoms with Crippen molar-refractivity contribution in [3.63, 3.8) is 0 Å². The molecule has 0 aliphatic carbocycles. The maximum atomic E-state index is 11.8. The van der Waals surface area contributed by atoms with Gasteiger partial charge in [-0.15, -0.1) is 0 Å². The average molecular weight is 251 g/mol. The molecule has 0 amide bonds. The lowest BCUT2D eigenvalue weighted by Gasteiger charge is -2.19. The summed E-state index contributed by atoms with van der Waals surface area (Å²) in [6, 6.07) is 0.250. The van der Waals surface area contributed by atoms with Gasteiger partial charge in [-0.05, 0) is 12.8 Å². The number of sulfone groups is 1. The lowest BCUT2D eigenvalue weighted by Crippen LogP contribution is -2.38. The van der Waals surface area contributed by atoms with Gasteiger partial charge in [-0.1, -0.05) is 27.7 Å². The summed E-state index contributed by atoms with van der Waals surface area (Å²) in [5, 5.41) is 12.2. The molecule has 0 aromatic rings. The Labute approximate surface area is 99.4 Å². The first-order chi connectivity index (χ1) is 7.16. The largest absolute Gasteiger partial charge is 0.391 e. The van der Waals surface area contributed by atoms with E-state index in [1.165, 1.54) is 0 Å². The van der Waals surface area contributed by atoms with Crippen molar-refractivity contribution in [3.8, 4) is 0 Å². The Hall–Kier alpha value is -0.130. The number of hydrogen-bond donors (Lipinski definition) is 2. The third kappa shape index (κ3) is 5.82. The van der Waals surface area contributed by atoms with Crippen LogP contribution in [0.5, 0.6) is 0 Å². The number of aliphatic hydroxyl groups is 1. The second-order valence-electron chi connectivity index (χ2n) is 5.00. The molecular formula is C11H25NO3S. The topological polar surface area (TPSA) is 66.4 Å². The average Bonchev–Trinajstić information content (AvgIpc) is 2.12. The summed E-state index contributed by atoms with van der Waals surface area (Å²) >= 11 is 0. The zero-order valence-electron chi connectivity index (χ0n) is 10.9. The molecule has 0 aliphatic rings. The molecule has 0 radical (unpaired) electrons. The van der Waals surface area contributed by atoms with Crippen molar-refractivity contribution in [2.45, 2.75) is 52.0 Å². The maximum absolute atomic E-state index is 11.8. The van der Waals surface area contributed by atoms with Crippen molar-refractivity contribution < 1.29 is 13.5 Å². The number of aliphatic hydroxyl groups excluding tert-OH is 1. The van der Waals surface area contributed by atoms with E-state index in [1.54, 1.807) is 6.92 Å². The highest BCUT2D eigenvalue weighted by molar-refractivity contribution is 7.92. The Morgan fingerprint density at radius 3 is 2.00 bits per heavy atom. The van der Waals surface area contributed by atoms with E-state index in [0.29, 0.717) is 6.54 Å². The molecule has 0 saturated carbocycles. The Morgan fingerprint density at radius 1 is 1.12 bits per heavy atom. The molecule has 0 aromatic heterocycles. The Balaban J connectivity index is 4.26. The Morgan fingerprint density at radius 2 is 1.62 bits per heavy atom. The highest BCUT2D eigenvalue weighted by atomic mass is 32.2. The first-order valence-corrected chi connectivity index (χ1v) is 7.51. The van der Waals surface area contributed by atoms with Crippen LogP contribution in [0, 0.1) is 5.92 Å². The molecule has 2 atom stereocenters. The minimum absolute atomic E-state index is 0.0789. The number of rotatable bonds is 7. The molecule has 16 heavy (non-hydrogen) atoms. The van der Waals surface area contributed by atoms with Gasteiger partial charge in [-0.25, -0.2) is 8.42 Å². The van der Waals surface area contributed by atoms with E-state index in [9.17, 15) is 13.5 Å². The van der Waals surface area contributed by atoms with Crippen molar-refractivity contribution in [2.75, 3.05) is 12.3 Å². The van der Waals surface area contributed by atoms with Gasteiger partial charge < -0.3 is 10.4 Å². The van der Waals surface area contributed by atoms with Gasteiger partial charge in [0.1, 0.15) is 0 Å². The normalized spacial score (nSPS) is 16.8. The molecule has 0 rings (SSSR count). The minimum Gasteiger partial charge on any atom is -0.391 e. The van der Waals surface area contributed by atoms with E-state index in [0.717, 1.165) is 0 Å². The lowest BCUT2D eigenvalue weighted by atomic mass is 10.2. The van der Waals surface area contributed by atoms with Crippen LogP contribution >= 0.6 is 0 Å². The monoisotopic (exact) mass is 251 g/mol. The number of nitrogens with one attached hydrogen (secondary N) is 1. The standard InChI is InChI=1S/C11H25NO3S/c1-8(2)10(5)16(14,15)7-11(13)6-12-9(3)4/h8-13H,6-7H2,1-5H3. The summed E-state index contributed by atoms with van der Waals surface area (Å²) in [6.07, 6.45) is -0.825. The van der Waals surface area contributed by atoms with E-state index in [-0.39, 0.29) is 17.7 Å². The van der Waals surface area contributed by atoms with Crippen molar-refractivity contribution >= 4 is 9.84 Å². The van der Waals surface area contributed by atoms with E-state index in [1.807, 2.05) is 27.7 Å². The van der Waals surface area contributed by atoms with E-state index >= 15 is 0 Å². The van der Waals surface area contributed by atoms with Gasteiger partial charge in [0.25, 0.3) is 0 Å². The molecule has 0 aliphatic heterocycles. The molecule has 0 spiro atoms. The Kier molecular flexibility index (Phi) is 6.51. The van der Waals surface area contributed by atoms with Crippen molar-refractivity contribution in [2.24, 2.45) is 5.92 Å². The van der Waals surface area contributed by atoms with Gasteiger partial charge in [0.2, 0.25) is 0 Å². The molecular weight excluding hydrogens is 226 g/mol. The van der Waals surface area contributed by atoms with Crippen LogP contribution in [-0.2, 0) is 9.84 Å². The highest BCUT2D eigenvalue weighted by Gasteiger charge is 2.26. The number of hydrogen-bond acceptors (Lipinski definition) is 4. The molecule has 0 bridgehead atoms. The molecule has 98 valence electrons. The van der Waals surface area contributed by atoms with Gasteiger partial charge >= 0.3 is 0 Å². The predicted octanol–water partition coefficient (Wildman–Crippen LogP) is 0.805. The van der Waals surface area contributed by atoms with Crippen molar-refractivity contribution in [1.82, 2.24) is 5.32 Å². The fourth-order valence-corrected chi connectivity index (χ4v) is 3.05. The maximum Gasteiger partial charge on any atom is 0.155 e. The quantitative estimate of drug-likeness (QED) is 0.702. The Bertz CT molecular complexity index is 286. The molecule has 5 heteroatoms. The van der Waals surface area contributed by atoms with Gasteiger partial charge in [-0.3, -0.25) is 0 Å². The fraction of sp³-hybridized carbons (Fsp3) is 1.00. The highest BCUT2D eigenvalue weighted by Crippen LogP contribution is 2.13. The first kappa shape index (κ1) is 15.9. The third-order valence-corrected chi connectivity index (χ3v) is 5.22. The summed E-state index contributed by atoms with van der Waals surface area (Å²) in [7, 11) is -3.20. The summed E-state index contributed by atoms with van der Waals surface area (Å²) in [5.74, 6) is -0.0817. The third-order valence-electron chi connectivity index (χ3n) is 2.69. The SMILES string of the molecule is CC(C)NCC(O)CS(=O)(=O)C(C)C(C)C. The van der Waals surface area contributed by atoms with Gasteiger partial charge in [0.05, 0.1) is 17.1 Å². The smallest absolute Gasteiger partial charge is 0.155 e. The predicted molar refractivity (Wildman–Crippen MR) is 67.2 cm³/mol. The van der Waals surface area contributed by atoms with Crippen LogP contribution in [0.1, 0.15) is 34.6 Å². The summed E-state index contributed by atoms with van der Waals surface area (Å²) < 4.78 is 23.7. The molecule has 0 saturated heterocycles. The van der Waals surface area contributed by atoms with Gasteiger partial charge in [0.15, 0.2) is 9.84 Å². The van der Waals surface area contributed by atoms with Gasteiger partial charge in [-0.2, -0.15) is 0 Å². The zero-order valence-corrected chi connectivity index (χ0v) is 11.7. The zero-order chi connectivity index (χ0) is 12.9. The van der Waals surface area contributed by atoms with Crippen molar-refractivity contribution in [3.05, 3.63) is 0 Å². The molecule has 0 aromatic carbocycles. The van der Waals surface area contributed by atoms with Crippen LogP contribution in [0.15, 0.2) is 0 Å². The molecule has 0 heterocycles. The van der Waals surface area contributed by atoms with Gasteiger partial charge in [0, 0.05) is 12.6 Å². The fourth-order valence-electron chi connectivity index (χ4n) is 1.27. The molecule has 4 nitrogen and oxygen atoms in total. The molecule has 0 fully saturated rings. The van der Waals surface area contributed by atoms with E-state index < -0.39 is 21.2 Å². The van der Waals surface area contributed by atoms with E-state index in [4.69, 9.17) is 0 Å². The van der Waals surface area contributed by atoms with Crippen molar-refractivity contribution in [1.29, 1.82) is 0 Å². The first-order valence-electron chi connectivity index (χ1n) is 5.79. The summed E-state index contributed by atoms with van der Waals surface area (Å²) in [4.78, 5) is 0. The molecule has 2 N–H and O–H groups in total. The van der Waals surface area contributed by atoms with Crippen LogP contribution in [0.2, 0.25) is 0 Å². The lowest BCUT2D eigenvalue weighted by molar-refractivity contribution is 0.190. The van der Waals surface area contributed by atoms with Crippen LogP contribution < -0.4 is 5.32 Å². The van der Waals surface area contributed by atoms with Crippen LogP contribution in [0.3, 0.4) is 0 Å². The van der Waals surface area contributed by atoms with Crippen LogP contribution in [0.4, 0.5) is 0 Å². The second-order valence-corrected chi connectivity index (χ2v) is 7.40. The van der Waals surface area contributed by atoms with Crippen LogP contribution in [0.25, 0.3) is 0 Å². The molecule has 2 unspecified atom stereocenters.